The molecule has 0 spiro atoms. The van der Waals surface area contributed by atoms with Crippen molar-refractivity contribution in [2.75, 3.05) is 6.54 Å². The Hall–Kier alpha value is -2.93. The van der Waals surface area contributed by atoms with Gasteiger partial charge in [-0.2, -0.15) is 0 Å². The van der Waals surface area contributed by atoms with Crippen LogP contribution in [0.4, 0.5) is 4.39 Å². The summed E-state index contributed by atoms with van der Waals surface area (Å²) in [6.45, 7) is 2.40. The Morgan fingerprint density at radius 3 is 2.72 bits per heavy atom. The molecule has 3 aromatic rings. The van der Waals surface area contributed by atoms with E-state index in [0.29, 0.717) is 28.3 Å². The van der Waals surface area contributed by atoms with Gasteiger partial charge in [0.25, 0.3) is 5.56 Å². The Bertz CT molecular complexity index is 1200. The second kappa shape index (κ2) is 10.1. The van der Waals surface area contributed by atoms with Gasteiger partial charge in [0.15, 0.2) is 5.16 Å². The molecule has 0 saturated carbocycles. The van der Waals surface area contributed by atoms with Gasteiger partial charge in [0.05, 0.1) is 21.8 Å². The SMILES string of the molecule is CC(Sc1nc2ccccc2c(=O)n1-c1ccc(F)cc1)C(=O)NCCC1=CCCCC1. The van der Waals surface area contributed by atoms with E-state index < -0.39 is 5.25 Å². The van der Waals surface area contributed by atoms with Crippen molar-refractivity contribution < 1.29 is 9.18 Å². The Kier molecular flexibility index (Phi) is 7.05. The minimum absolute atomic E-state index is 0.0977. The maximum Gasteiger partial charge on any atom is 0.266 e. The number of fused-ring (bicyclic) bond motifs is 1. The molecule has 32 heavy (non-hydrogen) atoms. The normalized spacial score (nSPS) is 14.8. The second-order valence-electron chi connectivity index (χ2n) is 7.94. The Morgan fingerprint density at radius 2 is 1.97 bits per heavy atom. The highest BCUT2D eigenvalue weighted by molar-refractivity contribution is 8.00. The largest absolute Gasteiger partial charge is 0.355 e. The predicted molar refractivity (Wildman–Crippen MR) is 127 cm³/mol. The third-order valence-corrected chi connectivity index (χ3v) is 6.66. The molecule has 5 nitrogen and oxygen atoms in total. The molecule has 1 heterocycles. The standard InChI is InChI=1S/C25H26FN3O2S/c1-17(23(30)27-16-15-18-7-3-2-4-8-18)32-25-28-22-10-6-5-9-21(22)24(31)29(25)20-13-11-19(26)12-14-20/h5-7,9-14,17H,2-4,8,15-16H2,1H3,(H,27,30). The lowest BCUT2D eigenvalue weighted by atomic mass is 9.97. The zero-order valence-electron chi connectivity index (χ0n) is 18.0. The van der Waals surface area contributed by atoms with E-state index in [0.717, 1.165) is 19.3 Å². The molecule has 4 rings (SSSR count). The van der Waals surface area contributed by atoms with E-state index in [1.165, 1.54) is 46.9 Å². The van der Waals surface area contributed by atoms with Crippen molar-refractivity contribution in [3.63, 3.8) is 0 Å². The van der Waals surface area contributed by atoms with Gasteiger partial charge in [-0.3, -0.25) is 14.2 Å². The minimum atomic E-state index is -0.449. The summed E-state index contributed by atoms with van der Waals surface area (Å²) in [5, 5.41) is 3.43. The zero-order chi connectivity index (χ0) is 22.5. The molecule has 0 saturated heterocycles. The first-order chi connectivity index (χ1) is 15.5. The number of nitrogens with one attached hydrogen (secondary N) is 1. The van der Waals surface area contributed by atoms with E-state index in [9.17, 15) is 14.0 Å². The summed E-state index contributed by atoms with van der Waals surface area (Å²) in [6.07, 6.45) is 7.87. The Balaban J connectivity index is 1.56. The van der Waals surface area contributed by atoms with Gasteiger partial charge in [0.1, 0.15) is 5.82 Å². The van der Waals surface area contributed by atoms with E-state index in [1.54, 1.807) is 37.3 Å². The molecule has 1 aromatic heterocycles. The molecule has 1 unspecified atom stereocenters. The molecular weight excluding hydrogens is 425 g/mol. The molecule has 1 atom stereocenters. The van der Waals surface area contributed by atoms with Crippen molar-refractivity contribution in [2.24, 2.45) is 0 Å². The molecule has 1 amide bonds. The summed E-state index contributed by atoms with van der Waals surface area (Å²) in [5.41, 5.74) is 2.24. The minimum Gasteiger partial charge on any atom is -0.355 e. The molecule has 166 valence electrons. The summed E-state index contributed by atoms with van der Waals surface area (Å²) in [7, 11) is 0. The summed E-state index contributed by atoms with van der Waals surface area (Å²) in [4.78, 5) is 30.6. The van der Waals surface area contributed by atoms with Crippen molar-refractivity contribution in [1.29, 1.82) is 0 Å². The van der Waals surface area contributed by atoms with Gasteiger partial charge in [-0.05, 0) is 75.4 Å². The fourth-order valence-electron chi connectivity index (χ4n) is 3.84. The lowest BCUT2D eigenvalue weighted by Gasteiger charge is -2.17. The lowest BCUT2D eigenvalue weighted by Crippen LogP contribution is -2.32. The summed E-state index contributed by atoms with van der Waals surface area (Å²) < 4.78 is 14.9. The number of allylic oxidation sites excluding steroid dienone is 1. The number of nitrogens with zero attached hydrogens (tertiary/aromatic N) is 2. The first kappa shape index (κ1) is 22.3. The summed E-state index contributed by atoms with van der Waals surface area (Å²) in [5.74, 6) is -0.481. The number of carbonyl (C=O) groups is 1. The molecule has 0 radical (unpaired) electrons. The lowest BCUT2D eigenvalue weighted by molar-refractivity contribution is -0.120. The van der Waals surface area contributed by atoms with Gasteiger partial charge in [0.2, 0.25) is 5.91 Å². The first-order valence-electron chi connectivity index (χ1n) is 10.9. The van der Waals surface area contributed by atoms with Crippen LogP contribution in [-0.4, -0.2) is 27.3 Å². The van der Waals surface area contributed by atoms with Crippen LogP contribution in [-0.2, 0) is 4.79 Å². The molecule has 2 aromatic carbocycles. The Morgan fingerprint density at radius 1 is 1.19 bits per heavy atom. The quantitative estimate of drug-likeness (QED) is 0.312. The number of para-hydroxylation sites is 1. The number of halogens is 1. The van der Waals surface area contributed by atoms with Crippen LogP contribution >= 0.6 is 11.8 Å². The van der Waals surface area contributed by atoms with Gasteiger partial charge in [-0.15, -0.1) is 0 Å². The molecular formula is C25H26FN3O2S. The van der Waals surface area contributed by atoms with E-state index in [-0.39, 0.29) is 17.3 Å². The highest BCUT2D eigenvalue weighted by atomic mass is 32.2. The van der Waals surface area contributed by atoms with Crippen LogP contribution in [0.5, 0.6) is 0 Å². The summed E-state index contributed by atoms with van der Waals surface area (Å²) >= 11 is 1.22. The van der Waals surface area contributed by atoms with Crippen molar-refractivity contribution in [3.8, 4) is 5.69 Å². The number of hydrogen-bond donors (Lipinski definition) is 1. The van der Waals surface area contributed by atoms with Gasteiger partial charge in [-0.1, -0.05) is 35.5 Å². The number of thioether (sulfide) groups is 1. The monoisotopic (exact) mass is 451 g/mol. The number of aromatic nitrogens is 2. The molecule has 0 aliphatic heterocycles. The van der Waals surface area contributed by atoms with Crippen LogP contribution in [0, 0.1) is 5.82 Å². The van der Waals surface area contributed by atoms with E-state index in [4.69, 9.17) is 0 Å². The van der Waals surface area contributed by atoms with Gasteiger partial charge in [-0.25, -0.2) is 9.37 Å². The second-order valence-corrected chi connectivity index (χ2v) is 9.25. The highest BCUT2D eigenvalue weighted by Gasteiger charge is 2.20. The average molecular weight is 452 g/mol. The molecule has 1 aliphatic carbocycles. The maximum absolute atomic E-state index is 13.5. The third-order valence-electron chi connectivity index (χ3n) is 5.61. The number of rotatable bonds is 7. The van der Waals surface area contributed by atoms with Crippen LogP contribution in [0.2, 0.25) is 0 Å². The van der Waals surface area contributed by atoms with Crippen LogP contribution < -0.4 is 10.9 Å². The third kappa shape index (κ3) is 5.10. The van der Waals surface area contributed by atoms with Gasteiger partial charge >= 0.3 is 0 Å². The number of benzene rings is 2. The Labute approximate surface area is 190 Å². The molecule has 0 fully saturated rings. The van der Waals surface area contributed by atoms with Gasteiger partial charge < -0.3 is 5.32 Å². The first-order valence-corrected chi connectivity index (χ1v) is 11.8. The molecule has 1 N–H and O–H groups in total. The fourth-order valence-corrected chi connectivity index (χ4v) is 4.79. The topological polar surface area (TPSA) is 64.0 Å². The zero-order valence-corrected chi connectivity index (χ0v) is 18.8. The van der Waals surface area contributed by atoms with Crippen molar-refractivity contribution in [3.05, 3.63) is 76.4 Å². The van der Waals surface area contributed by atoms with Crippen LogP contribution in [0.25, 0.3) is 16.6 Å². The van der Waals surface area contributed by atoms with E-state index in [2.05, 4.69) is 16.4 Å². The molecule has 1 aliphatic rings. The fraction of sp³-hybridized carbons (Fsp3) is 0.320. The van der Waals surface area contributed by atoms with Crippen LogP contribution in [0.15, 0.2) is 70.1 Å². The van der Waals surface area contributed by atoms with E-state index in [1.807, 2.05) is 6.07 Å². The molecule has 0 bridgehead atoms. The van der Waals surface area contributed by atoms with Crippen LogP contribution in [0.3, 0.4) is 0 Å². The van der Waals surface area contributed by atoms with Crippen molar-refractivity contribution in [2.45, 2.75) is 49.4 Å². The summed E-state index contributed by atoms with van der Waals surface area (Å²) in [6, 6.07) is 12.8. The number of hydrogen-bond acceptors (Lipinski definition) is 4. The predicted octanol–water partition coefficient (Wildman–Crippen LogP) is 5.01. The molecule has 7 heteroatoms. The average Bonchev–Trinajstić information content (AvgIpc) is 2.81. The van der Waals surface area contributed by atoms with Crippen LogP contribution in [0.1, 0.15) is 39.0 Å². The number of carbonyl (C=O) groups excluding carboxylic acids is 1. The smallest absolute Gasteiger partial charge is 0.266 e. The number of amides is 1. The highest BCUT2D eigenvalue weighted by Crippen LogP contribution is 2.25. The van der Waals surface area contributed by atoms with Crippen molar-refractivity contribution >= 4 is 28.6 Å². The maximum atomic E-state index is 13.5. The van der Waals surface area contributed by atoms with E-state index >= 15 is 0 Å². The van der Waals surface area contributed by atoms with Crippen molar-refractivity contribution in [1.82, 2.24) is 14.9 Å². The van der Waals surface area contributed by atoms with Gasteiger partial charge in [0, 0.05) is 6.54 Å².